The molecule has 8 heteroatoms. The molecule has 25 heavy (non-hydrogen) atoms. The SMILES string of the molecule is CCOc1cc([C@@H]2N=C(N)Nc3nc4ccccc4n32)cc(Cl)c1O. The van der Waals surface area contributed by atoms with Crippen LogP contribution in [0.1, 0.15) is 18.7 Å². The zero-order chi connectivity index (χ0) is 17.6. The Hall–Kier alpha value is -2.93. The summed E-state index contributed by atoms with van der Waals surface area (Å²) in [5.74, 6) is 1.08. The summed E-state index contributed by atoms with van der Waals surface area (Å²) in [6.45, 7) is 2.24. The van der Waals surface area contributed by atoms with Gasteiger partial charge >= 0.3 is 0 Å². The Balaban J connectivity index is 1.92. The number of aliphatic imine (C=N–C) groups is 1. The van der Waals surface area contributed by atoms with Gasteiger partial charge in [-0.25, -0.2) is 9.98 Å². The van der Waals surface area contributed by atoms with Crippen LogP contribution < -0.4 is 15.8 Å². The number of hydrogen-bond acceptors (Lipinski definition) is 6. The molecule has 128 valence electrons. The van der Waals surface area contributed by atoms with E-state index in [1.807, 2.05) is 35.8 Å². The van der Waals surface area contributed by atoms with Crippen molar-refractivity contribution in [1.82, 2.24) is 9.55 Å². The molecule has 0 unspecified atom stereocenters. The van der Waals surface area contributed by atoms with Gasteiger partial charge in [0, 0.05) is 5.56 Å². The molecule has 0 saturated carbocycles. The highest BCUT2D eigenvalue weighted by molar-refractivity contribution is 6.32. The minimum absolute atomic E-state index is 0.0890. The van der Waals surface area contributed by atoms with E-state index in [-0.39, 0.29) is 16.7 Å². The van der Waals surface area contributed by atoms with Crippen molar-refractivity contribution >= 4 is 34.5 Å². The first-order chi connectivity index (χ1) is 12.1. The first kappa shape index (κ1) is 15.6. The lowest BCUT2D eigenvalue weighted by atomic mass is 10.1. The smallest absolute Gasteiger partial charge is 0.212 e. The van der Waals surface area contributed by atoms with Crippen LogP contribution in [-0.2, 0) is 0 Å². The van der Waals surface area contributed by atoms with E-state index in [0.29, 0.717) is 18.3 Å². The van der Waals surface area contributed by atoms with Crippen LogP contribution in [0.5, 0.6) is 11.5 Å². The van der Waals surface area contributed by atoms with Crippen molar-refractivity contribution in [3.05, 3.63) is 47.0 Å². The Morgan fingerprint density at radius 3 is 2.96 bits per heavy atom. The van der Waals surface area contributed by atoms with Crippen LogP contribution in [0.2, 0.25) is 5.02 Å². The van der Waals surface area contributed by atoms with Gasteiger partial charge in [-0.3, -0.25) is 9.88 Å². The monoisotopic (exact) mass is 357 g/mol. The van der Waals surface area contributed by atoms with E-state index in [1.54, 1.807) is 12.1 Å². The maximum atomic E-state index is 10.1. The number of para-hydroxylation sites is 2. The maximum Gasteiger partial charge on any atom is 0.212 e. The van der Waals surface area contributed by atoms with Crippen molar-refractivity contribution in [2.24, 2.45) is 10.7 Å². The Morgan fingerprint density at radius 1 is 1.36 bits per heavy atom. The van der Waals surface area contributed by atoms with Gasteiger partial charge in [0.25, 0.3) is 0 Å². The molecule has 4 N–H and O–H groups in total. The third kappa shape index (κ3) is 2.53. The van der Waals surface area contributed by atoms with E-state index in [2.05, 4.69) is 15.3 Å². The van der Waals surface area contributed by atoms with Crippen molar-refractivity contribution in [2.45, 2.75) is 13.1 Å². The molecular weight excluding hydrogens is 342 g/mol. The lowest BCUT2D eigenvalue weighted by Crippen LogP contribution is -2.31. The molecule has 1 aliphatic heterocycles. The van der Waals surface area contributed by atoms with Gasteiger partial charge in [-0.1, -0.05) is 23.7 Å². The Kier molecular flexibility index (Phi) is 3.65. The lowest BCUT2D eigenvalue weighted by molar-refractivity contribution is 0.317. The van der Waals surface area contributed by atoms with Crippen LogP contribution in [0.4, 0.5) is 5.95 Å². The zero-order valence-corrected chi connectivity index (χ0v) is 14.2. The van der Waals surface area contributed by atoms with Crippen molar-refractivity contribution < 1.29 is 9.84 Å². The minimum atomic E-state index is -0.471. The Morgan fingerprint density at radius 2 is 2.16 bits per heavy atom. The molecule has 1 atom stereocenters. The minimum Gasteiger partial charge on any atom is -0.503 e. The summed E-state index contributed by atoms with van der Waals surface area (Å²) >= 11 is 6.18. The fourth-order valence-electron chi connectivity index (χ4n) is 2.95. The van der Waals surface area contributed by atoms with Gasteiger partial charge in [0.05, 0.1) is 22.7 Å². The molecular formula is C17H16ClN5O2. The molecule has 0 spiro atoms. The van der Waals surface area contributed by atoms with E-state index >= 15 is 0 Å². The second-order valence-electron chi connectivity index (χ2n) is 5.59. The van der Waals surface area contributed by atoms with E-state index < -0.39 is 6.17 Å². The molecule has 2 aromatic carbocycles. The van der Waals surface area contributed by atoms with Crippen LogP contribution in [0.3, 0.4) is 0 Å². The topological polar surface area (TPSA) is 97.7 Å². The fraction of sp³-hybridized carbons (Fsp3) is 0.176. The van der Waals surface area contributed by atoms with Crippen LogP contribution >= 0.6 is 11.6 Å². The number of aromatic nitrogens is 2. The van der Waals surface area contributed by atoms with E-state index in [1.165, 1.54) is 0 Å². The number of rotatable bonds is 3. The summed E-state index contributed by atoms with van der Waals surface area (Å²) in [6, 6.07) is 11.1. The summed E-state index contributed by atoms with van der Waals surface area (Å²) in [4.78, 5) is 9.05. The highest BCUT2D eigenvalue weighted by atomic mass is 35.5. The Labute approximate surface area is 148 Å². The number of phenols is 1. The second-order valence-corrected chi connectivity index (χ2v) is 6.00. The number of halogens is 1. The van der Waals surface area contributed by atoms with Crippen LogP contribution in [0.15, 0.2) is 41.4 Å². The number of nitrogens with two attached hydrogens (primary N) is 1. The summed E-state index contributed by atoms with van der Waals surface area (Å²) in [6.07, 6.45) is -0.471. The number of nitrogens with one attached hydrogen (secondary N) is 1. The van der Waals surface area contributed by atoms with Gasteiger partial charge in [-0.05, 0) is 31.2 Å². The van der Waals surface area contributed by atoms with Crippen molar-refractivity contribution in [1.29, 1.82) is 0 Å². The number of ether oxygens (including phenoxy) is 1. The molecule has 0 bridgehead atoms. The normalized spacial score (nSPS) is 16.2. The van der Waals surface area contributed by atoms with Crippen LogP contribution in [-0.4, -0.2) is 27.2 Å². The van der Waals surface area contributed by atoms with Crippen molar-refractivity contribution in [2.75, 3.05) is 11.9 Å². The Bertz CT molecular complexity index is 998. The largest absolute Gasteiger partial charge is 0.503 e. The number of anilines is 1. The molecule has 7 nitrogen and oxygen atoms in total. The van der Waals surface area contributed by atoms with Gasteiger partial charge in [0.15, 0.2) is 23.6 Å². The molecule has 1 aliphatic rings. The quantitative estimate of drug-likeness (QED) is 0.669. The van der Waals surface area contributed by atoms with E-state index in [4.69, 9.17) is 22.1 Å². The number of fused-ring (bicyclic) bond motifs is 3. The number of hydrogen-bond donors (Lipinski definition) is 3. The molecule has 1 aromatic heterocycles. The number of aromatic hydroxyl groups is 1. The highest BCUT2D eigenvalue weighted by Crippen LogP contribution is 2.40. The molecule has 0 radical (unpaired) electrons. The summed E-state index contributed by atoms with van der Waals surface area (Å²) < 4.78 is 7.41. The van der Waals surface area contributed by atoms with Gasteiger partial charge in [-0.2, -0.15) is 0 Å². The van der Waals surface area contributed by atoms with E-state index in [0.717, 1.165) is 16.6 Å². The van der Waals surface area contributed by atoms with Crippen LogP contribution in [0.25, 0.3) is 11.0 Å². The molecule has 0 saturated heterocycles. The first-order valence-corrected chi connectivity index (χ1v) is 8.18. The van der Waals surface area contributed by atoms with Gasteiger partial charge < -0.3 is 15.6 Å². The molecule has 2 heterocycles. The standard InChI is InChI=1S/C17H16ClN5O2/c1-2-25-13-8-9(7-10(18)14(13)24)15-21-16(19)22-17-20-11-5-3-4-6-12(11)23(15)17/h3-8,15,24H,2H2,1H3,(H3,19,20,21,22)/t15-/m1/s1. The maximum absolute atomic E-state index is 10.1. The predicted octanol–water partition coefficient (Wildman–Crippen LogP) is 3.08. The zero-order valence-electron chi connectivity index (χ0n) is 13.4. The number of nitrogens with zero attached hydrogens (tertiary/aromatic N) is 3. The third-order valence-electron chi connectivity index (χ3n) is 3.99. The molecule has 0 fully saturated rings. The second kappa shape index (κ2) is 5.86. The third-order valence-corrected chi connectivity index (χ3v) is 4.28. The number of guanidine groups is 1. The molecule has 4 rings (SSSR count). The van der Waals surface area contributed by atoms with Gasteiger partial charge in [0.1, 0.15) is 0 Å². The fourth-order valence-corrected chi connectivity index (χ4v) is 3.17. The van der Waals surface area contributed by atoms with Crippen molar-refractivity contribution in [3.8, 4) is 11.5 Å². The summed E-state index contributed by atoms with van der Waals surface area (Å²) in [5, 5.41) is 13.3. The number of benzene rings is 2. The molecule has 0 amide bonds. The predicted molar refractivity (Wildman–Crippen MR) is 97.4 cm³/mol. The average molecular weight is 358 g/mol. The first-order valence-electron chi connectivity index (χ1n) is 7.81. The summed E-state index contributed by atoms with van der Waals surface area (Å²) in [5.41, 5.74) is 8.41. The lowest BCUT2D eigenvalue weighted by Gasteiger charge is -2.24. The molecule has 3 aromatic rings. The van der Waals surface area contributed by atoms with Gasteiger partial charge in [0.2, 0.25) is 5.95 Å². The summed E-state index contributed by atoms with van der Waals surface area (Å²) in [7, 11) is 0. The molecule has 0 aliphatic carbocycles. The van der Waals surface area contributed by atoms with Crippen molar-refractivity contribution in [3.63, 3.8) is 0 Å². The number of phenolic OH excluding ortho intramolecular Hbond substituents is 1. The number of imidazole rings is 1. The highest BCUT2D eigenvalue weighted by Gasteiger charge is 2.26. The van der Waals surface area contributed by atoms with E-state index in [9.17, 15) is 5.11 Å². The van der Waals surface area contributed by atoms with Crippen LogP contribution in [0, 0.1) is 0 Å². The average Bonchev–Trinajstić information content (AvgIpc) is 2.96. The van der Waals surface area contributed by atoms with Gasteiger partial charge in [-0.15, -0.1) is 0 Å².